The van der Waals surface area contributed by atoms with Gasteiger partial charge in [0.05, 0.1) is 25.6 Å². The van der Waals surface area contributed by atoms with E-state index in [0.717, 1.165) is 24.6 Å². The fraction of sp³-hybridized carbons (Fsp3) is 0.765. The topological polar surface area (TPSA) is 92.1 Å². The minimum absolute atomic E-state index is 0.0304. The Labute approximate surface area is 162 Å². The minimum Gasteiger partial charge on any atom is -0.370 e. The van der Waals surface area contributed by atoms with Crippen LogP contribution in [0.2, 0.25) is 0 Å². The number of ether oxygens (including phenoxy) is 1. The summed E-state index contributed by atoms with van der Waals surface area (Å²) in [7, 11) is -1.25. The van der Waals surface area contributed by atoms with E-state index in [4.69, 9.17) is 9.73 Å². The number of nitrogens with one attached hydrogen (secondary N) is 1. The third kappa shape index (κ3) is 6.47. The molecule has 1 atom stereocenters. The van der Waals surface area contributed by atoms with Crippen LogP contribution in [-0.4, -0.2) is 85.5 Å². The molecule has 0 spiro atoms. The largest absolute Gasteiger partial charge is 0.370 e. The molecule has 1 fully saturated rings. The maximum atomic E-state index is 11.7. The van der Waals surface area contributed by atoms with Gasteiger partial charge in [0.15, 0.2) is 5.96 Å². The van der Waals surface area contributed by atoms with Crippen LogP contribution in [0, 0.1) is 0 Å². The highest BCUT2D eigenvalue weighted by Crippen LogP contribution is 2.21. The molecule has 10 heteroatoms. The molecule has 0 aromatic carbocycles. The minimum atomic E-state index is -3.15. The highest BCUT2D eigenvalue weighted by atomic mass is 32.2. The van der Waals surface area contributed by atoms with Crippen LogP contribution in [0.5, 0.6) is 0 Å². The van der Waals surface area contributed by atoms with Gasteiger partial charge in [-0.05, 0) is 13.3 Å². The molecule has 154 valence electrons. The normalized spacial score (nSPS) is 18.9. The third-order valence-electron chi connectivity index (χ3n) is 4.45. The van der Waals surface area contributed by atoms with Gasteiger partial charge in [-0.2, -0.15) is 5.10 Å². The van der Waals surface area contributed by atoms with Crippen molar-refractivity contribution in [2.24, 2.45) is 12.0 Å². The van der Waals surface area contributed by atoms with Crippen LogP contribution in [0.4, 0.5) is 0 Å². The fourth-order valence-electron chi connectivity index (χ4n) is 3.07. The smallest absolute Gasteiger partial charge is 0.211 e. The number of nitrogens with zero attached hydrogens (tertiary/aromatic N) is 5. The average Bonchev–Trinajstić information content (AvgIpc) is 3.06. The molecule has 0 radical (unpaired) electrons. The van der Waals surface area contributed by atoms with Crippen LogP contribution in [0.1, 0.15) is 31.9 Å². The van der Waals surface area contributed by atoms with Gasteiger partial charge in [0.1, 0.15) is 6.10 Å². The van der Waals surface area contributed by atoms with Gasteiger partial charge in [0.2, 0.25) is 10.0 Å². The predicted octanol–water partition coefficient (Wildman–Crippen LogP) is 0.431. The molecule has 1 aromatic heterocycles. The number of guanidine groups is 1. The van der Waals surface area contributed by atoms with Gasteiger partial charge in [-0.15, -0.1) is 0 Å². The Balaban J connectivity index is 1.95. The average molecular weight is 401 g/mol. The van der Waals surface area contributed by atoms with Gasteiger partial charge in [-0.1, -0.05) is 6.92 Å². The van der Waals surface area contributed by atoms with Crippen molar-refractivity contribution in [2.45, 2.75) is 26.4 Å². The lowest BCUT2D eigenvalue weighted by atomic mass is 10.1. The highest BCUT2D eigenvalue weighted by molar-refractivity contribution is 7.88. The molecule has 0 aliphatic carbocycles. The van der Waals surface area contributed by atoms with E-state index in [1.807, 2.05) is 33.3 Å². The monoisotopic (exact) mass is 400 g/mol. The van der Waals surface area contributed by atoms with E-state index in [1.54, 1.807) is 4.68 Å². The van der Waals surface area contributed by atoms with Crippen LogP contribution in [0.15, 0.2) is 17.4 Å². The molecule has 1 aliphatic rings. The molecule has 2 rings (SSSR count). The van der Waals surface area contributed by atoms with Crippen molar-refractivity contribution in [1.82, 2.24) is 24.3 Å². The number of aryl methyl sites for hydroxylation is 1. The molecule has 0 bridgehead atoms. The Kier molecular flexibility index (Phi) is 8.06. The fourth-order valence-corrected chi connectivity index (χ4v) is 4.00. The lowest BCUT2D eigenvalue weighted by Crippen LogP contribution is -2.48. The summed E-state index contributed by atoms with van der Waals surface area (Å²) in [5.74, 6) is 0.845. The van der Waals surface area contributed by atoms with Gasteiger partial charge in [-0.25, -0.2) is 12.7 Å². The first-order valence-corrected chi connectivity index (χ1v) is 11.3. The van der Waals surface area contributed by atoms with Gasteiger partial charge in [0.25, 0.3) is 0 Å². The first kappa shape index (κ1) is 21.6. The number of rotatable bonds is 8. The second-order valence-corrected chi connectivity index (χ2v) is 8.58. The quantitative estimate of drug-likeness (QED) is 0.387. The maximum absolute atomic E-state index is 11.7. The van der Waals surface area contributed by atoms with E-state index in [0.29, 0.717) is 39.2 Å². The zero-order valence-electron chi connectivity index (χ0n) is 16.8. The molecule has 9 nitrogen and oxygen atoms in total. The van der Waals surface area contributed by atoms with E-state index >= 15 is 0 Å². The standard InChI is InChI=1S/C17H32N6O3S/c1-5-18-17(19-8-7-9-23(6-2)27(4,24)25)22-10-11-26-16(14-22)15-12-20-21(3)13-15/h12-13,16H,5-11,14H2,1-4H3,(H,18,19). The molecule has 1 unspecified atom stereocenters. The Morgan fingerprint density at radius 1 is 1.48 bits per heavy atom. The van der Waals surface area contributed by atoms with Crippen LogP contribution in [-0.2, 0) is 21.8 Å². The second-order valence-electron chi connectivity index (χ2n) is 6.60. The number of aliphatic imine (C=N–C) groups is 1. The van der Waals surface area contributed by atoms with Crippen LogP contribution >= 0.6 is 0 Å². The van der Waals surface area contributed by atoms with E-state index in [1.165, 1.54) is 10.6 Å². The summed E-state index contributed by atoms with van der Waals surface area (Å²) >= 11 is 0. The second kappa shape index (κ2) is 10.0. The van der Waals surface area contributed by atoms with Crippen molar-refractivity contribution < 1.29 is 13.2 Å². The van der Waals surface area contributed by atoms with Crippen LogP contribution in [0.3, 0.4) is 0 Å². The summed E-state index contributed by atoms with van der Waals surface area (Å²) in [5.41, 5.74) is 1.06. The predicted molar refractivity (Wildman–Crippen MR) is 106 cm³/mol. The van der Waals surface area contributed by atoms with Crippen molar-refractivity contribution in [3.05, 3.63) is 18.0 Å². The van der Waals surface area contributed by atoms with E-state index < -0.39 is 10.0 Å². The molecular formula is C17H32N6O3S. The van der Waals surface area contributed by atoms with Crippen molar-refractivity contribution >= 4 is 16.0 Å². The van der Waals surface area contributed by atoms with Crippen LogP contribution in [0.25, 0.3) is 0 Å². The van der Waals surface area contributed by atoms with E-state index in [-0.39, 0.29) is 6.10 Å². The van der Waals surface area contributed by atoms with Crippen molar-refractivity contribution in [1.29, 1.82) is 0 Å². The lowest BCUT2D eigenvalue weighted by molar-refractivity contribution is -0.00804. The highest BCUT2D eigenvalue weighted by Gasteiger charge is 2.25. The number of sulfonamides is 1. The Hall–Kier alpha value is -1.65. The summed E-state index contributed by atoms with van der Waals surface area (Å²) in [4.78, 5) is 6.89. The number of aromatic nitrogens is 2. The molecule has 1 N–H and O–H groups in total. The third-order valence-corrected chi connectivity index (χ3v) is 5.83. The zero-order chi connectivity index (χ0) is 19.9. The van der Waals surface area contributed by atoms with Crippen molar-refractivity contribution in [3.63, 3.8) is 0 Å². The SMILES string of the molecule is CCNC(=NCCCN(CC)S(C)(=O)=O)N1CCOC(c2cnn(C)c2)C1. The van der Waals surface area contributed by atoms with Gasteiger partial charge in [-0.3, -0.25) is 9.67 Å². The van der Waals surface area contributed by atoms with E-state index in [2.05, 4.69) is 15.3 Å². The molecule has 1 aromatic rings. The lowest BCUT2D eigenvalue weighted by Gasteiger charge is -2.34. The molecule has 1 aliphatic heterocycles. The van der Waals surface area contributed by atoms with Gasteiger partial charge in [0, 0.05) is 51.5 Å². The molecular weight excluding hydrogens is 368 g/mol. The summed E-state index contributed by atoms with van der Waals surface area (Å²) < 4.78 is 32.5. The number of morpholine rings is 1. The number of hydrogen-bond donors (Lipinski definition) is 1. The Morgan fingerprint density at radius 2 is 2.26 bits per heavy atom. The first-order chi connectivity index (χ1) is 12.8. The molecule has 27 heavy (non-hydrogen) atoms. The van der Waals surface area contributed by atoms with Crippen molar-refractivity contribution in [2.75, 3.05) is 52.1 Å². The van der Waals surface area contributed by atoms with Gasteiger partial charge >= 0.3 is 0 Å². The summed E-state index contributed by atoms with van der Waals surface area (Å²) in [6, 6.07) is 0. The number of hydrogen-bond acceptors (Lipinski definition) is 5. The van der Waals surface area contributed by atoms with Crippen LogP contribution < -0.4 is 5.32 Å². The Morgan fingerprint density at radius 3 is 2.85 bits per heavy atom. The molecule has 2 heterocycles. The maximum Gasteiger partial charge on any atom is 0.211 e. The molecule has 1 saturated heterocycles. The molecule has 0 saturated carbocycles. The molecule has 0 amide bonds. The van der Waals surface area contributed by atoms with E-state index in [9.17, 15) is 8.42 Å². The Bertz CT molecular complexity index is 718. The van der Waals surface area contributed by atoms with Crippen molar-refractivity contribution in [3.8, 4) is 0 Å². The van der Waals surface area contributed by atoms with Gasteiger partial charge < -0.3 is 15.0 Å². The summed E-state index contributed by atoms with van der Waals surface area (Å²) in [6.45, 7) is 8.31. The summed E-state index contributed by atoms with van der Waals surface area (Å²) in [6.07, 6.45) is 5.71. The first-order valence-electron chi connectivity index (χ1n) is 9.43. The summed E-state index contributed by atoms with van der Waals surface area (Å²) in [5, 5.41) is 7.55. The zero-order valence-corrected chi connectivity index (χ0v) is 17.6.